The van der Waals surface area contributed by atoms with Gasteiger partial charge in [0.25, 0.3) is 5.91 Å². The second-order valence-electron chi connectivity index (χ2n) is 12.5. The molecule has 1 aliphatic heterocycles. The van der Waals surface area contributed by atoms with E-state index in [4.69, 9.17) is 37.4 Å². The summed E-state index contributed by atoms with van der Waals surface area (Å²) in [7, 11) is 0. The third-order valence-corrected chi connectivity index (χ3v) is 8.05. The molecule has 0 radical (unpaired) electrons. The van der Waals surface area contributed by atoms with E-state index in [2.05, 4.69) is 10.1 Å². The van der Waals surface area contributed by atoms with Gasteiger partial charge >= 0.3 is 18.7 Å². The minimum Gasteiger partial charge on any atom is -0.619 e. The van der Waals surface area contributed by atoms with Crippen molar-refractivity contribution in [2.24, 2.45) is 5.92 Å². The first kappa shape index (κ1) is 35.0. The number of ether oxygens (including phenoxy) is 4. The Morgan fingerprint density at radius 2 is 1.79 bits per heavy atom. The molecule has 15 heteroatoms. The number of fused-ring (bicyclic) bond motifs is 1. The molecule has 48 heavy (non-hydrogen) atoms. The highest BCUT2D eigenvalue weighted by Crippen LogP contribution is 2.38. The predicted molar refractivity (Wildman–Crippen MR) is 170 cm³/mol. The molecule has 0 bridgehead atoms. The number of hydrogen-bond acceptors (Lipinski definition) is 8. The molecule has 3 aromatic rings. The number of halogens is 4. The molecule has 1 N–H and O–H groups in total. The fourth-order valence-electron chi connectivity index (χ4n) is 5.00. The number of carbonyl (C=O) groups excluding carboxylic acids is 3. The number of aromatic nitrogens is 1. The first-order chi connectivity index (χ1) is 22.6. The maximum absolute atomic E-state index is 13.4. The number of rotatable bonds is 12. The maximum Gasteiger partial charge on any atom is 0.412 e. The second kappa shape index (κ2) is 14.4. The minimum atomic E-state index is -3.10. The first-order valence-electron chi connectivity index (χ1n) is 15.0. The molecule has 2 aromatic carbocycles. The quantitative estimate of drug-likeness (QED) is 0.123. The van der Waals surface area contributed by atoms with Gasteiger partial charge in [0.2, 0.25) is 0 Å². The van der Waals surface area contributed by atoms with Gasteiger partial charge in [-0.15, -0.1) is 0 Å². The number of pyridine rings is 1. The van der Waals surface area contributed by atoms with Crippen molar-refractivity contribution in [3.8, 4) is 11.5 Å². The normalized spacial score (nSPS) is 14.8. The van der Waals surface area contributed by atoms with Crippen molar-refractivity contribution >= 4 is 46.9 Å². The summed E-state index contributed by atoms with van der Waals surface area (Å²) < 4.78 is 48.3. The topological polar surface area (TPSA) is 130 Å². The van der Waals surface area contributed by atoms with E-state index in [0.29, 0.717) is 45.2 Å². The van der Waals surface area contributed by atoms with Crippen LogP contribution in [0.2, 0.25) is 10.0 Å². The van der Waals surface area contributed by atoms with Crippen LogP contribution < -0.4 is 19.5 Å². The van der Waals surface area contributed by atoms with Crippen molar-refractivity contribution in [2.75, 3.05) is 18.5 Å². The van der Waals surface area contributed by atoms with Crippen LogP contribution in [0.4, 0.5) is 19.3 Å². The Labute approximate surface area is 285 Å². The Bertz CT molecular complexity index is 1690. The van der Waals surface area contributed by atoms with Crippen LogP contribution >= 0.6 is 23.2 Å². The van der Waals surface area contributed by atoms with Gasteiger partial charge in [-0.2, -0.15) is 13.5 Å². The second-order valence-corrected chi connectivity index (χ2v) is 13.3. The van der Waals surface area contributed by atoms with Gasteiger partial charge in [-0.25, -0.2) is 4.79 Å². The average Bonchev–Trinajstić information content (AvgIpc) is 3.76. The molecule has 1 atom stereocenters. The minimum absolute atomic E-state index is 0.0161. The summed E-state index contributed by atoms with van der Waals surface area (Å²) in [5.74, 6) is -1.10. The van der Waals surface area contributed by atoms with Crippen LogP contribution in [-0.2, 0) is 27.2 Å². The van der Waals surface area contributed by atoms with E-state index in [1.54, 1.807) is 32.9 Å². The SMILES string of the molecule is CC(C)(C)OC(=O)Nc1ccc2c(c1)C(=O)N(CC(=O)OC(Cc1c(Cl)c[n+]([O-])cc1Cl)c1ccc(OC(F)F)c(OCC3CC3)c1)C2. The molecule has 2 heterocycles. The van der Waals surface area contributed by atoms with Crippen LogP contribution in [0.15, 0.2) is 48.8 Å². The van der Waals surface area contributed by atoms with Gasteiger partial charge in [0.1, 0.15) is 28.3 Å². The average molecular weight is 709 g/mol. The summed E-state index contributed by atoms with van der Waals surface area (Å²) >= 11 is 12.7. The molecule has 256 valence electrons. The number of benzene rings is 2. The number of nitrogens with one attached hydrogen (secondary N) is 1. The van der Waals surface area contributed by atoms with Gasteiger partial charge in [-0.1, -0.05) is 35.3 Å². The lowest BCUT2D eigenvalue weighted by molar-refractivity contribution is -0.605. The lowest BCUT2D eigenvalue weighted by atomic mass is 10.0. The molecule has 1 aromatic heterocycles. The Balaban J connectivity index is 1.35. The number of carbonyl (C=O) groups is 3. The van der Waals surface area contributed by atoms with E-state index in [0.717, 1.165) is 25.2 Å². The van der Waals surface area contributed by atoms with Gasteiger partial charge in [0.15, 0.2) is 23.9 Å². The molecule has 1 unspecified atom stereocenters. The smallest absolute Gasteiger partial charge is 0.412 e. The first-order valence-corrected chi connectivity index (χ1v) is 15.8. The van der Waals surface area contributed by atoms with E-state index < -0.39 is 42.8 Å². The van der Waals surface area contributed by atoms with Crippen molar-refractivity contribution in [3.63, 3.8) is 0 Å². The highest BCUT2D eigenvalue weighted by Gasteiger charge is 2.32. The van der Waals surface area contributed by atoms with Crippen molar-refractivity contribution in [1.29, 1.82) is 0 Å². The van der Waals surface area contributed by atoms with Crippen LogP contribution in [0.25, 0.3) is 0 Å². The van der Waals surface area contributed by atoms with Crippen molar-refractivity contribution in [2.45, 2.75) is 64.9 Å². The van der Waals surface area contributed by atoms with Gasteiger partial charge in [-0.05, 0) is 74.9 Å². The van der Waals surface area contributed by atoms with E-state index in [9.17, 15) is 28.4 Å². The standard InChI is InChI=1S/C33H33Cl2F2N3O8/c1-33(2,3)48-32(43)38-21-8-6-20-13-39(30(42)22(20)11-21)16-29(41)46-27(12-23-24(34)14-40(44)15-25(23)35)19-7-9-26(47-31(36)37)28(10-19)45-17-18-4-5-18/h6-11,14-15,18,27,31H,4-5,12-13,16-17H2,1-3H3,(H,38,43). The van der Waals surface area contributed by atoms with Crippen LogP contribution in [0.1, 0.15) is 66.8 Å². The predicted octanol–water partition coefficient (Wildman–Crippen LogP) is 6.85. The summed E-state index contributed by atoms with van der Waals surface area (Å²) in [5, 5.41) is 14.5. The lowest BCUT2D eigenvalue weighted by Crippen LogP contribution is -2.32. The number of alkyl halides is 2. The number of hydrogen-bond donors (Lipinski definition) is 1. The zero-order valence-electron chi connectivity index (χ0n) is 26.3. The van der Waals surface area contributed by atoms with E-state index in [-0.39, 0.29) is 34.5 Å². The van der Waals surface area contributed by atoms with E-state index in [1.165, 1.54) is 29.2 Å². The Kier molecular flexibility index (Phi) is 10.5. The zero-order chi connectivity index (χ0) is 34.7. The highest BCUT2D eigenvalue weighted by molar-refractivity contribution is 6.35. The molecule has 2 amide bonds. The number of anilines is 1. The Morgan fingerprint density at radius 1 is 1.08 bits per heavy atom. The number of esters is 1. The molecule has 1 fully saturated rings. The summed E-state index contributed by atoms with van der Waals surface area (Å²) in [4.78, 5) is 40.2. The molecule has 0 saturated heterocycles. The molecule has 1 saturated carbocycles. The fourth-order valence-corrected chi connectivity index (χ4v) is 5.60. The lowest BCUT2D eigenvalue weighted by Gasteiger charge is -2.23. The van der Waals surface area contributed by atoms with Crippen LogP contribution in [-0.4, -0.2) is 48.2 Å². The summed E-state index contributed by atoms with van der Waals surface area (Å²) in [6, 6.07) is 8.96. The third kappa shape index (κ3) is 9.16. The largest absolute Gasteiger partial charge is 0.619 e. The molecule has 1 aliphatic carbocycles. The molecule has 11 nitrogen and oxygen atoms in total. The van der Waals surface area contributed by atoms with Gasteiger partial charge < -0.3 is 29.1 Å². The van der Waals surface area contributed by atoms with Crippen molar-refractivity contribution in [1.82, 2.24) is 4.90 Å². The van der Waals surface area contributed by atoms with Gasteiger partial charge in [0.05, 0.1) is 6.61 Å². The zero-order valence-corrected chi connectivity index (χ0v) is 27.8. The summed E-state index contributed by atoms with van der Waals surface area (Å²) in [5.41, 5.74) is 1.21. The highest BCUT2D eigenvalue weighted by atomic mass is 35.5. The maximum atomic E-state index is 13.4. The van der Waals surface area contributed by atoms with Crippen LogP contribution in [0, 0.1) is 11.1 Å². The van der Waals surface area contributed by atoms with E-state index in [1.807, 2.05) is 0 Å². The Morgan fingerprint density at radius 3 is 2.44 bits per heavy atom. The number of amides is 2. The van der Waals surface area contributed by atoms with Gasteiger partial charge in [-0.3, -0.25) is 14.9 Å². The van der Waals surface area contributed by atoms with E-state index >= 15 is 0 Å². The molecule has 5 rings (SSSR count). The number of nitrogens with zero attached hydrogens (tertiary/aromatic N) is 2. The Hall–Kier alpha value is -4.36. The molecular formula is C33H33Cl2F2N3O8. The van der Waals surface area contributed by atoms with Gasteiger partial charge in [0, 0.05) is 29.8 Å². The van der Waals surface area contributed by atoms with Crippen LogP contribution in [0.3, 0.4) is 0 Å². The fraction of sp³-hybridized carbons (Fsp3) is 0.394. The summed E-state index contributed by atoms with van der Waals surface area (Å²) in [6.45, 7) is 2.04. The molecule has 2 aliphatic rings. The van der Waals surface area contributed by atoms with Crippen molar-refractivity contribution < 1.29 is 46.8 Å². The third-order valence-electron chi connectivity index (χ3n) is 7.40. The van der Waals surface area contributed by atoms with Crippen molar-refractivity contribution in [3.05, 3.63) is 86.3 Å². The molecular weight excluding hydrogens is 675 g/mol. The van der Waals surface area contributed by atoms with Crippen LogP contribution in [0.5, 0.6) is 11.5 Å². The summed E-state index contributed by atoms with van der Waals surface area (Å²) in [6.07, 6.45) is 2.22. The molecule has 0 spiro atoms. The monoisotopic (exact) mass is 707 g/mol.